The second-order valence-corrected chi connectivity index (χ2v) is 9.61. The van der Waals surface area contributed by atoms with Crippen LogP contribution in [0, 0.1) is 5.82 Å². The van der Waals surface area contributed by atoms with Crippen molar-refractivity contribution in [3.63, 3.8) is 0 Å². The third-order valence-corrected chi connectivity index (χ3v) is 5.99. The summed E-state index contributed by atoms with van der Waals surface area (Å²) in [7, 11) is -3.19. The van der Waals surface area contributed by atoms with Crippen molar-refractivity contribution in [2.24, 2.45) is 0 Å². The largest absolute Gasteiger partial charge is 0.352 e. The second kappa shape index (κ2) is 11.0. The number of piperazine rings is 1. The average molecular weight is 496 g/mol. The van der Waals surface area contributed by atoms with Crippen molar-refractivity contribution < 1.29 is 12.8 Å². The van der Waals surface area contributed by atoms with E-state index in [1.54, 1.807) is 29.2 Å². The summed E-state index contributed by atoms with van der Waals surface area (Å²) < 4.78 is 39.8. The number of nitrogens with zero attached hydrogens (tertiary/aromatic N) is 6. The van der Waals surface area contributed by atoms with Crippen LogP contribution in [0.5, 0.6) is 0 Å². The molecule has 1 aliphatic rings. The number of anilines is 1. The standard InChI is InChI=1S/C21H26FN7O2S.ClH/c1-32(30,31)26-8-9-29-16-17(14-25-29)15-27-10-12-28(13-11-27)21-20(23-6-7-24-21)18-2-4-19(22)5-3-18;/h2-7,14,16,26H,8-13,15H2,1H3;1H. The minimum atomic E-state index is -3.19. The molecule has 0 bridgehead atoms. The Hall–Kier alpha value is -2.60. The first-order valence-electron chi connectivity index (χ1n) is 10.4. The predicted molar refractivity (Wildman–Crippen MR) is 127 cm³/mol. The lowest BCUT2D eigenvalue weighted by atomic mass is 10.1. The Labute approximate surface area is 199 Å². The first-order chi connectivity index (χ1) is 15.4. The van der Waals surface area contributed by atoms with E-state index in [4.69, 9.17) is 0 Å². The van der Waals surface area contributed by atoms with Crippen LogP contribution in [0.15, 0.2) is 49.1 Å². The molecule has 1 fully saturated rings. The van der Waals surface area contributed by atoms with Crippen molar-refractivity contribution in [3.8, 4) is 11.3 Å². The Bertz CT molecular complexity index is 1150. The van der Waals surface area contributed by atoms with Gasteiger partial charge in [0.05, 0.1) is 19.0 Å². The van der Waals surface area contributed by atoms with E-state index in [1.807, 2.05) is 12.4 Å². The highest BCUT2D eigenvalue weighted by Crippen LogP contribution is 2.27. The first-order valence-corrected chi connectivity index (χ1v) is 12.3. The van der Waals surface area contributed by atoms with E-state index in [1.165, 1.54) is 12.1 Å². The van der Waals surface area contributed by atoms with Gasteiger partial charge in [-0.2, -0.15) is 5.10 Å². The molecule has 0 spiro atoms. The van der Waals surface area contributed by atoms with E-state index < -0.39 is 10.0 Å². The fourth-order valence-corrected chi connectivity index (χ4v) is 4.17. The second-order valence-electron chi connectivity index (χ2n) is 7.78. The molecule has 3 aromatic rings. The summed E-state index contributed by atoms with van der Waals surface area (Å²) in [5.41, 5.74) is 2.68. The van der Waals surface area contributed by atoms with Crippen LogP contribution in [0.1, 0.15) is 5.56 Å². The van der Waals surface area contributed by atoms with Crippen LogP contribution in [0.25, 0.3) is 11.3 Å². The molecular formula is C21H27ClFN7O2S. The molecule has 9 nitrogen and oxygen atoms in total. The van der Waals surface area contributed by atoms with Crippen LogP contribution in [0.2, 0.25) is 0 Å². The van der Waals surface area contributed by atoms with Gasteiger partial charge in [-0.15, -0.1) is 12.4 Å². The highest BCUT2D eigenvalue weighted by atomic mass is 35.5. The lowest BCUT2D eigenvalue weighted by molar-refractivity contribution is 0.249. The van der Waals surface area contributed by atoms with Gasteiger partial charge in [-0.05, 0) is 24.3 Å². The van der Waals surface area contributed by atoms with Crippen molar-refractivity contribution in [2.45, 2.75) is 13.1 Å². The van der Waals surface area contributed by atoms with Crippen LogP contribution in [0.3, 0.4) is 0 Å². The highest BCUT2D eigenvalue weighted by Gasteiger charge is 2.22. The van der Waals surface area contributed by atoms with E-state index in [2.05, 4.69) is 29.6 Å². The van der Waals surface area contributed by atoms with Gasteiger partial charge in [0.2, 0.25) is 10.0 Å². The molecule has 1 N–H and O–H groups in total. The summed E-state index contributed by atoms with van der Waals surface area (Å²) in [6, 6.07) is 6.32. The minimum Gasteiger partial charge on any atom is -0.352 e. The molecule has 178 valence electrons. The molecule has 0 radical (unpaired) electrons. The Morgan fingerprint density at radius 2 is 1.76 bits per heavy atom. The Balaban J connectivity index is 0.00000306. The topological polar surface area (TPSA) is 96.2 Å². The van der Waals surface area contributed by atoms with Gasteiger partial charge in [0, 0.05) is 69.0 Å². The van der Waals surface area contributed by atoms with E-state index in [-0.39, 0.29) is 18.2 Å². The van der Waals surface area contributed by atoms with Gasteiger partial charge in [-0.25, -0.2) is 22.5 Å². The number of benzene rings is 1. The smallest absolute Gasteiger partial charge is 0.208 e. The quantitative estimate of drug-likeness (QED) is 0.508. The lowest BCUT2D eigenvalue weighted by Gasteiger charge is -2.35. The van der Waals surface area contributed by atoms with Crippen molar-refractivity contribution in [2.75, 3.05) is 43.9 Å². The van der Waals surface area contributed by atoms with Gasteiger partial charge in [-0.3, -0.25) is 14.6 Å². The Morgan fingerprint density at radius 1 is 1.06 bits per heavy atom. The zero-order valence-electron chi connectivity index (χ0n) is 18.3. The van der Waals surface area contributed by atoms with E-state index >= 15 is 0 Å². The minimum absolute atomic E-state index is 0. The van der Waals surface area contributed by atoms with Crippen LogP contribution < -0.4 is 9.62 Å². The molecule has 1 aliphatic heterocycles. The van der Waals surface area contributed by atoms with Crippen molar-refractivity contribution >= 4 is 28.2 Å². The SMILES string of the molecule is CS(=O)(=O)NCCn1cc(CN2CCN(c3nccnc3-c3ccc(F)cc3)CC2)cn1.Cl. The number of nitrogens with one attached hydrogen (secondary N) is 1. The number of hydrogen-bond donors (Lipinski definition) is 1. The molecule has 0 saturated carbocycles. The molecule has 33 heavy (non-hydrogen) atoms. The normalized spacial score (nSPS) is 14.8. The fourth-order valence-electron chi connectivity index (χ4n) is 3.71. The fraction of sp³-hybridized carbons (Fsp3) is 0.381. The molecule has 12 heteroatoms. The van der Waals surface area contributed by atoms with Crippen molar-refractivity contribution in [3.05, 3.63) is 60.4 Å². The van der Waals surface area contributed by atoms with Gasteiger partial charge in [0.1, 0.15) is 11.5 Å². The molecule has 4 rings (SSSR count). The van der Waals surface area contributed by atoms with Gasteiger partial charge in [0.25, 0.3) is 0 Å². The Morgan fingerprint density at radius 3 is 2.45 bits per heavy atom. The maximum absolute atomic E-state index is 13.3. The van der Waals surface area contributed by atoms with E-state index in [9.17, 15) is 12.8 Å². The summed E-state index contributed by atoms with van der Waals surface area (Å²) in [5, 5.41) is 4.31. The summed E-state index contributed by atoms with van der Waals surface area (Å²) in [6.45, 7) is 4.91. The summed E-state index contributed by atoms with van der Waals surface area (Å²) in [4.78, 5) is 13.6. The molecule has 0 unspecified atom stereocenters. The van der Waals surface area contributed by atoms with Gasteiger partial charge in [-0.1, -0.05) is 0 Å². The highest BCUT2D eigenvalue weighted by molar-refractivity contribution is 7.88. The molecule has 0 aliphatic carbocycles. The van der Waals surface area contributed by atoms with Crippen LogP contribution in [-0.2, 0) is 23.1 Å². The predicted octanol–water partition coefficient (Wildman–Crippen LogP) is 1.77. The van der Waals surface area contributed by atoms with Crippen molar-refractivity contribution in [1.82, 2.24) is 29.4 Å². The molecule has 0 amide bonds. The Kier molecular flexibility index (Phi) is 8.35. The monoisotopic (exact) mass is 495 g/mol. The number of hydrogen-bond acceptors (Lipinski definition) is 7. The summed E-state index contributed by atoms with van der Waals surface area (Å²) >= 11 is 0. The van der Waals surface area contributed by atoms with E-state index in [0.717, 1.165) is 61.6 Å². The molecule has 1 saturated heterocycles. The van der Waals surface area contributed by atoms with Crippen LogP contribution in [-0.4, -0.2) is 72.0 Å². The molecule has 1 aromatic carbocycles. The average Bonchev–Trinajstić information content (AvgIpc) is 3.21. The first kappa shape index (κ1) is 25.0. The molecular weight excluding hydrogens is 469 g/mol. The zero-order valence-corrected chi connectivity index (χ0v) is 19.9. The van der Waals surface area contributed by atoms with Crippen LogP contribution >= 0.6 is 12.4 Å². The van der Waals surface area contributed by atoms with Gasteiger partial charge < -0.3 is 4.90 Å². The molecule has 0 atom stereocenters. The van der Waals surface area contributed by atoms with Gasteiger partial charge in [0.15, 0.2) is 5.82 Å². The maximum atomic E-state index is 13.3. The number of rotatable bonds is 8. The number of sulfonamides is 1. The summed E-state index contributed by atoms with van der Waals surface area (Å²) in [6.07, 6.45) is 8.25. The van der Waals surface area contributed by atoms with Crippen LogP contribution in [0.4, 0.5) is 10.2 Å². The summed E-state index contributed by atoms with van der Waals surface area (Å²) in [5.74, 6) is 0.535. The third-order valence-electron chi connectivity index (χ3n) is 5.27. The molecule has 3 heterocycles. The molecule has 2 aromatic heterocycles. The zero-order chi connectivity index (χ0) is 22.6. The van der Waals surface area contributed by atoms with E-state index in [0.29, 0.717) is 13.1 Å². The third kappa shape index (κ3) is 6.94. The maximum Gasteiger partial charge on any atom is 0.208 e. The number of halogens is 2. The van der Waals surface area contributed by atoms with Crippen molar-refractivity contribution in [1.29, 1.82) is 0 Å². The number of aromatic nitrogens is 4. The van der Waals surface area contributed by atoms with Gasteiger partial charge >= 0.3 is 0 Å². The lowest BCUT2D eigenvalue weighted by Crippen LogP contribution is -2.46.